The van der Waals surface area contributed by atoms with E-state index in [1.807, 2.05) is 60.7 Å². The minimum atomic E-state index is -0.0810. The topological polar surface area (TPSA) is 69.0 Å². The number of carbonyl (C=O) groups excluding carboxylic acids is 1. The minimum absolute atomic E-state index is 0.0810. The monoisotopic (exact) mass is 414 g/mol. The van der Waals surface area contributed by atoms with Gasteiger partial charge in [-0.2, -0.15) is 5.10 Å². The van der Waals surface area contributed by atoms with E-state index < -0.39 is 0 Å². The van der Waals surface area contributed by atoms with Gasteiger partial charge in [0.15, 0.2) is 5.65 Å². The molecular formula is C24H22N4O3. The van der Waals surface area contributed by atoms with Crippen LogP contribution in [0.3, 0.4) is 0 Å². The molecule has 31 heavy (non-hydrogen) atoms. The van der Waals surface area contributed by atoms with E-state index >= 15 is 0 Å². The molecule has 0 unspecified atom stereocenters. The van der Waals surface area contributed by atoms with E-state index in [-0.39, 0.29) is 5.91 Å². The fourth-order valence-electron chi connectivity index (χ4n) is 3.74. The summed E-state index contributed by atoms with van der Waals surface area (Å²) >= 11 is 0. The second-order valence-corrected chi connectivity index (χ2v) is 7.33. The maximum atomic E-state index is 13.4. The van der Waals surface area contributed by atoms with Crippen LogP contribution in [0.1, 0.15) is 10.5 Å². The van der Waals surface area contributed by atoms with E-state index in [4.69, 9.17) is 19.6 Å². The van der Waals surface area contributed by atoms with Crippen molar-refractivity contribution in [2.45, 2.75) is 0 Å². The number of aromatic nitrogens is 3. The first-order valence-corrected chi connectivity index (χ1v) is 10.2. The van der Waals surface area contributed by atoms with Crippen LogP contribution < -0.4 is 4.74 Å². The lowest BCUT2D eigenvalue weighted by atomic mass is 10.1. The smallest absolute Gasteiger partial charge is 0.272 e. The van der Waals surface area contributed by atoms with Gasteiger partial charge in [-0.25, -0.2) is 9.50 Å². The number of hydrogen-bond acceptors (Lipinski definition) is 5. The fraction of sp³-hybridized carbons (Fsp3) is 0.208. The molecule has 1 aliphatic heterocycles. The summed E-state index contributed by atoms with van der Waals surface area (Å²) in [6, 6.07) is 21.3. The van der Waals surface area contributed by atoms with Crippen molar-refractivity contribution < 1.29 is 14.3 Å². The van der Waals surface area contributed by atoms with Gasteiger partial charge in [-0.1, -0.05) is 42.5 Å². The SMILES string of the molecule is COc1cccc(-c2cc(C(=O)N3CCOCC3)n3nc(-c4ccccc4)cc3n2)c1. The van der Waals surface area contributed by atoms with Crippen LogP contribution in [0, 0.1) is 0 Å². The first kappa shape index (κ1) is 19.3. The molecule has 0 atom stereocenters. The molecule has 0 saturated carbocycles. The van der Waals surface area contributed by atoms with Crippen molar-refractivity contribution in [1.29, 1.82) is 0 Å². The molecule has 0 bridgehead atoms. The second-order valence-electron chi connectivity index (χ2n) is 7.33. The van der Waals surface area contributed by atoms with E-state index in [9.17, 15) is 4.79 Å². The van der Waals surface area contributed by atoms with Crippen molar-refractivity contribution in [2.24, 2.45) is 0 Å². The molecule has 0 radical (unpaired) electrons. The van der Waals surface area contributed by atoms with Crippen molar-refractivity contribution in [2.75, 3.05) is 33.4 Å². The number of hydrogen-bond donors (Lipinski definition) is 0. The van der Waals surface area contributed by atoms with Crippen LogP contribution in [-0.4, -0.2) is 58.8 Å². The number of rotatable bonds is 4. The van der Waals surface area contributed by atoms with Gasteiger partial charge in [-0.3, -0.25) is 4.79 Å². The van der Waals surface area contributed by atoms with Gasteiger partial charge in [0.1, 0.15) is 11.4 Å². The zero-order chi connectivity index (χ0) is 21.2. The Kier molecular flexibility index (Phi) is 5.09. The Morgan fingerprint density at radius 2 is 1.71 bits per heavy atom. The highest BCUT2D eigenvalue weighted by molar-refractivity contribution is 5.94. The first-order chi connectivity index (χ1) is 15.2. The minimum Gasteiger partial charge on any atom is -0.497 e. The van der Waals surface area contributed by atoms with E-state index in [0.717, 1.165) is 22.6 Å². The van der Waals surface area contributed by atoms with Gasteiger partial charge < -0.3 is 14.4 Å². The number of nitrogens with zero attached hydrogens (tertiary/aromatic N) is 4. The fourth-order valence-corrected chi connectivity index (χ4v) is 3.74. The van der Waals surface area contributed by atoms with Crippen molar-refractivity contribution in [3.63, 3.8) is 0 Å². The normalized spacial score (nSPS) is 14.0. The summed E-state index contributed by atoms with van der Waals surface area (Å²) in [5.74, 6) is 0.654. The number of amides is 1. The van der Waals surface area contributed by atoms with Crippen molar-refractivity contribution in [3.8, 4) is 28.3 Å². The third-order valence-corrected chi connectivity index (χ3v) is 5.38. The van der Waals surface area contributed by atoms with Crippen molar-refractivity contribution in [1.82, 2.24) is 19.5 Å². The van der Waals surface area contributed by atoms with Crippen LogP contribution in [0.5, 0.6) is 5.75 Å². The van der Waals surface area contributed by atoms with Crippen molar-refractivity contribution >= 4 is 11.6 Å². The molecule has 0 N–H and O–H groups in total. The summed E-state index contributed by atoms with van der Waals surface area (Å²) in [6.07, 6.45) is 0. The number of ether oxygens (including phenoxy) is 2. The highest BCUT2D eigenvalue weighted by Gasteiger charge is 2.23. The Bertz CT molecular complexity index is 1230. The van der Waals surface area contributed by atoms with Crippen LogP contribution >= 0.6 is 0 Å². The zero-order valence-corrected chi connectivity index (χ0v) is 17.2. The van der Waals surface area contributed by atoms with E-state index in [1.54, 1.807) is 22.6 Å². The Hall–Kier alpha value is -3.71. The third kappa shape index (κ3) is 3.75. The Balaban J connectivity index is 1.67. The van der Waals surface area contributed by atoms with Crippen LogP contribution in [0.15, 0.2) is 66.7 Å². The van der Waals surface area contributed by atoms with Gasteiger partial charge in [-0.05, 0) is 18.2 Å². The highest BCUT2D eigenvalue weighted by atomic mass is 16.5. The number of carbonyl (C=O) groups is 1. The molecule has 7 heteroatoms. The molecule has 0 spiro atoms. The molecular weight excluding hydrogens is 392 g/mol. The maximum Gasteiger partial charge on any atom is 0.272 e. The van der Waals surface area contributed by atoms with E-state index in [2.05, 4.69) is 0 Å². The van der Waals surface area contributed by atoms with Gasteiger partial charge in [0.25, 0.3) is 5.91 Å². The van der Waals surface area contributed by atoms with Crippen molar-refractivity contribution in [3.05, 3.63) is 72.4 Å². The lowest BCUT2D eigenvalue weighted by molar-refractivity contribution is 0.0297. The zero-order valence-electron chi connectivity index (χ0n) is 17.2. The molecule has 7 nitrogen and oxygen atoms in total. The molecule has 1 saturated heterocycles. The quantitative estimate of drug-likeness (QED) is 0.511. The molecule has 2 aromatic heterocycles. The van der Waals surface area contributed by atoms with Crippen LogP contribution in [0.25, 0.3) is 28.2 Å². The van der Waals surface area contributed by atoms with E-state index in [1.165, 1.54) is 0 Å². The largest absolute Gasteiger partial charge is 0.497 e. The summed E-state index contributed by atoms with van der Waals surface area (Å²) in [6.45, 7) is 2.20. The summed E-state index contributed by atoms with van der Waals surface area (Å²) in [5.41, 5.74) is 4.41. The lowest BCUT2D eigenvalue weighted by Gasteiger charge is -2.27. The van der Waals surface area contributed by atoms with Gasteiger partial charge in [0.2, 0.25) is 0 Å². The molecule has 5 rings (SSSR count). The number of benzene rings is 2. The van der Waals surface area contributed by atoms with E-state index in [0.29, 0.717) is 43.3 Å². The van der Waals surface area contributed by atoms with Gasteiger partial charge in [0.05, 0.1) is 31.7 Å². The van der Waals surface area contributed by atoms with Gasteiger partial charge in [0, 0.05) is 30.3 Å². The Morgan fingerprint density at radius 3 is 2.48 bits per heavy atom. The second kappa shape index (κ2) is 8.20. The maximum absolute atomic E-state index is 13.4. The standard InChI is InChI=1S/C24H22N4O3/c1-30-19-9-5-8-18(14-19)20-15-22(24(29)27-10-12-31-13-11-27)28-23(25-20)16-21(26-28)17-6-3-2-4-7-17/h2-9,14-16H,10-13H2,1H3. The lowest BCUT2D eigenvalue weighted by Crippen LogP contribution is -2.41. The summed E-state index contributed by atoms with van der Waals surface area (Å²) in [7, 11) is 1.63. The predicted molar refractivity (Wildman–Crippen MR) is 117 cm³/mol. The molecule has 0 aliphatic carbocycles. The van der Waals surface area contributed by atoms with Crippen LogP contribution in [0.4, 0.5) is 0 Å². The summed E-state index contributed by atoms with van der Waals surface area (Å²) in [5, 5.41) is 4.72. The summed E-state index contributed by atoms with van der Waals surface area (Å²) in [4.78, 5) is 20.0. The number of morpholine rings is 1. The molecule has 3 heterocycles. The van der Waals surface area contributed by atoms with Crippen LogP contribution in [0.2, 0.25) is 0 Å². The average molecular weight is 414 g/mol. The highest BCUT2D eigenvalue weighted by Crippen LogP contribution is 2.26. The molecule has 1 fully saturated rings. The summed E-state index contributed by atoms with van der Waals surface area (Å²) < 4.78 is 12.4. The number of fused-ring (bicyclic) bond motifs is 1. The predicted octanol–water partition coefficient (Wildman–Crippen LogP) is 3.54. The first-order valence-electron chi connectivity index (χ1n) is 10.2. The Morgan fingerprint density at radius 1 is 0.935 bits per heavy atom. The van der Waals surface area contributed by atoms with Gasteiger partial charge in [-0.15, -0.1) is 0 Å². The molecule has 156 valence electrons. The van der Waals surface area contributed by atoms with Crippen LogP contribution in [-0.2, 0) is 4.74 Å². The average Bonchev–Trinajstić information content (AvgIpc) is 3.28. The molecule has 4 aromatic rings. The third-order valence-electron chi connectivity index (χ3n) is 5.38. The molecule has 1 amide bonds. The number of methoxy groups -OCH3 is 1. The molecule has 1 aliphatic rings. The Labute approximate surface area is 179 Å². The van der Waals surface area contributed by atoms with Gasteiger partial charge >= 0.3 is 0 Å². The molecule has 2 aromatic carbocycles.